The molecule has 0 saturated heterocycles. The van der Waals surface area contributed by atoms with Crippen molar-refractivity contribution >= 4 is 38.8 Å². The number of aromatic nitrogens is 3. The largest absolute Gasteiger partial charge is 0.456 e. The van der Waals surface area contributed by atoms with Crippen LogP contribution in [0.1, 0.15) is 22.6 Å². The van der Waals surface area contributed by atoms with E-state index in [4.69, 9.17) is 19.4 Å². The van der Waals surface area contributed by atoms with Crippen LogP contribution in [0.5, 0.6) is 0 Å². The minimum atomic E-state index is 0.183. The molecule has 2 heterocycles. The van der Waals surface area contributed by atoms with Gasteiger partial charge in [0.1, 0.15) is 11.2 Å². The Bertz CT molecular complexity index is 3160. The topological polar surface area (TPSA) is 51.8 Å². The summed E-state index contributed by atoms with van der Waals surface area (Å²) < 4.78 is 6.54. The van der Waals surface area contributed by atoms with E-state index in [0.717, 1.165) is 61.6 Å². The van der Waals surface area contributed by atoms with E-state index in [1.807, 2.05) is 18.2 Å². The van der Waals surface area contributed by atoms with Crippen LogP contribution in [0, 0.1) is 0 Å². The summed E-state index contributed by atoms with van der Waals surface area (Å²) in [5.74, 6) is 2.03. The van der Waals surface area contributed by atoms with Crippen molar-refractivity contribution in [2.24, 2.45) is 0 Å². The van der Waals surface area contributed by atoms with Crippen molar-refractivity contribution in [1.82, 2.24) is 15.0 Å². The SMILES string of the molecule is C1=CC(c2cc(-c3nc(-c4ccc5ccccc5c4)nc(-c4cccc5oc6cc(-c7ccccc7)ccc6c45)n3)ccc2-c2ccccc2)Cc2ccccc21. The molecule has 0 N–H and O–H groups in total. The van der Waals surface area contributed by atoms with Crippen LogP contribution in [0.4, 0.5) is 0 Å². The van der Waals surface area contributed by atoms with Gasteiger partial charge in [0, 0.05) is 33.4 Å². The number of hydrogen-bond acceptors (Lipinski definition) is 4. The summed E-state index contributed by atoms with van der Waals surface area (Å²) in [5.41, 5.74) is 12.9. The average Bonchev–Trinajstić information content (AvgIpc) is 3.67. The van der Waals surface area contributed by atoms with Gasteiger partial charge in [0.15, 0.2) is 17.5 Å². The summed E-state index contributed by atoms with van der Waals surface area (Å²) in [6.07, 6.45) is 5.53. The molecule has 4 heteroatoms. The maximum Gasteiger partial charge on any atom is 0.164 e. The van der Waals surface area contributed by atoms with Crippen molar-refractivity contribution in [3.63, 3.8) is 0 Å². The Hall–Kier alpha value is -7.43. The first-order chi connectivity index (χ1) is 28.2. The van der Waals surface area contributed by atoms with E-state index in [1.165, 1.54) is 33.2 Å². The molecule has 0 spiro atoms. The van der Waals surface area contributed by atoms with Gasteiger partial charge in [-0.1, -0.05) is 164 Å². The van der Waals surface area contributed by atoms with Crippen LogP contribution in [0.3, 0.4) is 0 Å². The van der Waals surface area contributed by atoms with E-state index in [0.29, 0.717) is 17.5 Å². The lowest BCUT2D eigenvalue weighted by Crippen LogP contribution is -2.08. The molecule has 268 valence electrons. The van der Waals surface area contributed by atoms with Crippen molar-refractivity contribution in [1.29, 1.82) is 0 Å². The molecule has 57 heavy (non-hydrogen) atoms. The predicted octanol–water partition coefficient (Wildman–Crippen LogP) is 13.6. The van der Waals surface area contributed by atoms with Gasteiger partial charge >= 0.3 is 0 Å². The fraction of sp³-hybridized carbons (Fsp3) is 0.0377. The van der Waals surface area contributed by atoms with Crippen molar-refractivity contribution in [3.05, 3.63) is 205 Å². The van der Waals surface area contributed by atoms with Crippen molar-refractivity contribution in [2.45, 2.75) is 12.3 Å². The molecule has 1 aliphatic rings. The summed E-state index contributed by atoms with van der Waals surface area (Å²) in [4.78, 5) is 15.8. The van der Waals surface area contributed by atoms with Crippen LogP contribution in [-0.2, 0) is 6.42 Å². The lowest BCUT2D eigenvalue weighted by atomic mass is 9.81. The fourth-order valence-corrected chi connectivity index (χ4v) is 8.42. The highest BCUT2D eigenvalue weighted by Crippen LogP contribution is 2.41. The maximum atomic E-state index is 6.54. The van der Waals surface area contributed by atoms with Crippen LogP contribution in [0.15, 0.2) is 192 Å². The molecule has 1 aliphatic carbocycles. The van der Waals surface area contributed by atoms with Crippen LogP contribution >= 0.6 is 0 Å². The van der Waals surface area contributed by atoms with Gasteiger partial charge in [0.25, 0.3) is 0 Å². The smallest absolute Gasteiger partial charge is 0.164 e. The number of fused-ring (bicyclic) bond motifs is 5. The first-order valence-electron chi connectivity index (χ1n) is 19.4. The average molecular weight is 730 g/mol. The van der Waals surface area contributed by atoms with E-state index in [2.05, 4.69) is 176 Å². The van der Waals surface area contributed by atoms with Gasteiger partial charge in [-0.3, -0.25) is 0 Å². The Balaban J connectivity index is 1.11. The molecule has 2 aromatic heterocycles. The third-order valence-electron chi connectivity index (χ3n) is 11.3. The Morgan fingerprint density at radius 2 is 1.12 bits per heavy atom. The molecule has 0 fully saturated rings. The second kappa shape index (κ2) is 13.7. The van der Waals surface area contributed by atoms with Crippen LogP contribution in [0.2, 0.25) is 0 Å². The highest BCUT2D eigenvalue weighted by molar-refractivity contribution is 6.12. The quantitative estimate of drug-likeness (QED) is 0.171. The molecule has 0 amide bonds. The first-order valence-corrected chi connectivity index (χ1v) is 19.4. The second-order valence-corrected chi connectivity index (χ2v) is 14.8. The molecular weight excluding hydrogens is 695 g/mol. The summed E-state index contributed by atoms with van der Waals surface area (Å²) >= 11 is 0. The summed E-state index contributed by atoms with van der Waals surface area (Å²) in [6.45, 7) is 0. The van der Waals surface area contributed by atoms with E-state index in [9.17, 15) is 0 Å². The van der Waals surface area contributed by atoms with Gasteiger partial charge in [0.05, 0.1) is 0 Å². The van der Waals surface area contributed by atoms with E-state index >= 15 is 0 Å². The third-order valence-corrected chi connectivity index (χ3v) is 11.3. The number of benzene rings is 8. The summed E-state index contributed by atoms with van der Waals surface area (Å²) in [7, 11) is 0. The van der Waals surface area contributed by atoms with Crippen LogP contribution in [0.25, 0.3) is 95.2 Å². The maximum absolute atomic E-state index is 6.54. The molecular formula is C53H35N3O. The number of rotatable bonds is 6. The van der Waals surface area contributed by atoms with E-state index in [1.54, 1.807) is 0 Å². The minimum Gasteiger partial charge on any atom is -0.456 e. The Kier molecular flexibility index (Phi) is 7.92. The normalized spacial score (nSPS) is 13.6. The summed E-state index contributed by atoms with van der Waals surface area (Å²) in [6, 6.07) is 63.9. The molecule has 0 aliphatic heterocycles. The molecule has 0 bridgehead atoms. The van der Waals surface area contributed by atoms with Crippen molar-refractivity contribution in [2.75, 3.05) is 0 Å². The van der Waals surface area contributed by atoms with Crippen molar-refractivity contribution in [3.8, 4) is 56.4 Å². The zero-order valence-corrected chi connectivity index (χ0v) is 31.0. The zero-order chi connectivity index (χ0) is 37.7. The molecule has 10 aromatic rings. The highest BCUT2D eigenvalue weighted by atomic mass is 16.3. The molecule has 1 unspecified atom stereocenters. The van der Waals surface area contributed by atoms with E-state index < -0.39 is 0 Å². The molecule has 1 atom stereocenters. The number of allylic oxidation sites excluding steroid dienone is 1. The molecule has 11 rings (SSSR count). The first kappa shape index (κ1) is 33.0. The lowest BCUT2D eigenvalue weighted by Gasteiger charge is -2.23. The van der Waals surface area contributed by atoms with Gasteiger partial charge in [-0.25, -0.2) is 15.0 Å². The second-order valence-electron chi connectivity index (χ2n) is 14.8. The number of hydrogen-bond donors (Lipinski definition) is 0. The lowest BCUT2D eigenvalue weighted by molar-refractivity contribution is 0.669. The monoisotopic (exact) mass is 729 g/mol. The standard InChI is InChI=1S/C53H35N3O/c1-3-12-34(13-4-1)40-26-29-45-49(33-40)57-48-21-11-20-46(50(45)48)53-55-51(42-25-23-36-15-8-10-19-39(36)31-42)54-52(56-53)43-27-28-44(37-16-5-2-6-17-37)47(32-43)41-24-22-35-14-7-9-18-38(35)30-41/h1-29,31-33,41H,30H2. The van der Waals surface area contributed by atoms with Crippen LogP contribution in [-0.4, -0.2) is 15.0 Å². The van der Waals surface area contributed by atoms with Gasteiger partial charge < -0.3 is 4.42 Å². The Morgan fingerprint density at radius 3 is 1.96 bits per heavy atom. The van der Waals surface area contributed by atoms with Gasteiger partial charge in [-0.05, 0) is 86.5 Å². The third kappa shape index (κ3) is 5.99. The minimum absolute atomic E-state index is 0.183. The molecule has 4 nitrogen and oxygen atoms in total. The molecule has 8 aromatic carbocycles. The molecule has 0 saturated carbocycles. The molecule has 0 radical (unpaired) electrons. The fourth-order valence-electron chi connectivity index (χ4n) is 8.42. The van der Waals surface area contributed by atoms with E-state index in [-0.39, 0.29) is 5.92 Å². The van der Waals surface area contributed by atoms with Gasteiger partial charge in [-0.2, -0.15) is 0 Å². The highest BCUT2D eigenvalue weighted by Gasteiger charge is 2.22. The summed E-state index contributed by atoms with van der Waals surface area (Å²) in [5, 5.41) is 4.31. The predicted molar refractivity (Wildman–Crippen MR) is 234 cm³/mol. The zero-order valence-electron chi connectivity index (χ0n) is 31.0. The van der Waals surface area contributed by atoms with Gasteiger partial charge in [-0.15, -0.1) is 0 Å². The number of furan rings is 1. The number of nitrogens with zero attached hydrogens (tertiary/aromatic N) is 3. The van der Waals surface area contributed by atoms with Crippen molar-refractivity contribution < 1.29 is 4.42 Å². The van der Waals surface area contributed by atoms with Gasteiger partial charge in [0.2, 0.25) is 0 Å². The Labute approximate surface area is 330 Å². The Morgan fingerprint density at radius 1 is 0.439 bits per heavy atom. The van der Waals surface area contributed by atoms with Crippen LogP contribution < -0.4 is 0 Å².